The predicted octanol–water partition coefficient (Wildman–Crippen LogP) is 1.17. The van der Waals surface area contributed by atoms with Crippen LogP contribution in [0.5, 0.6) is 11.5 Å². The highest BCUT2D eigenvalue weighted by molar-refractivity contribution is 7.96. The maximum Gasteiger partial charge on any atom is 0.231 e. The summed E-state index contributed by atoms with van der Waals surface area (Å²) in [6, 6.07) is 13.6. The summed E-state index contributed by atoms with van der Waals surface area (Å²) in [6.45, 7) is 3.73. The van der Waals surface area contributed by atoms with Gasteiger partial charge in [-0.1, -0.05) is 24.3 Å². The second-order valence-corrected chi connectivity index (χ2v) is 12.9. The van der Waals surface area contributed by atoms with Crippen molar-refractivity contribution in [2.24, 2.45) is 0 Å². The second kappa shape index (κ2) is 8.33. The summed E-state index contributed by atoms with van der Waals surface area (Å²) in [5, 5.41) is -0.935. The first-order chi connectivity index (χ1) is 15.3. The summed E-state index contributed by atoms with van der Waals surface area (Å²) in [6.07, 6.45) is 0. The zero-order valence-corrected chi connectivity index (χ0v) is 19.2. The first-order valence-electron chi connectivity index (χ1n) is 10.7. The van der Waals surface area contributed by atoms with E-state index >= 15 is 0 Å². The molecule has 2 atom stereocenters. The van der Waals surface area contributed by atoms with E-state index in [-0.39, 0.29) is 23.2 Å². The molecule has 3 aliphatic rings. The Hall–Kier alpha value is -2.14. The van der Waals surface area contributed by atoms with Crippen LogP contribution < -0.4 is 9.47 Å². The van der Waals surface area contributed by atoms with Gasteiger partial charge < -0.3 is 9.47 Å². The smallest absolute Gasteiger partial charge is 0.231 e. The minimum Gasteiger partial charge on any atom is -0.454 e. The molecule has 32 heavy (non-hydrogen) atoms. The quantitative estimate of drug-likeness (QED) is 0.632. The van der Waals surface area contributed by atoms with Gasteiger partial charge in [0.15, 0.2) is 31.2 Å². The number of nitrogens with zero attached hydrogens (tertiary/aromatic N) is 2. The van der Waals surface area contributed by atoms with E-state index in [1.807, 2.05) is 23.1 Å². The summed E-state index contributed by atoms with van der Waals surface area (Å²) in [5.41, 5.74) is 1.12. The number of sulfone groups is 2. The van der Waals surface area contributed by atoms with Crippen molar-refractivity contribution in [2.45, 2.75) is 22.7 Å². The van der Waals surface area contributed by atoms with Crippen molar-refractivity contribution in [2.75, 3.05) is 44.5 Å². The SMILES string of the molecule is O=S1(=O)CC(N2CCN(Cc3ccc4c(c3)OCO4)CC2)C(S(=O)(=O)c2ccccc2)C1. The van der Waals surface area contributed by atoms with E-state index in [9.17, 15) is 16.8 Å². The van der Waals surface area contributed by atoms with Gasteiger partial charge in [0.2, 0.25) is 6.79 Å². The van der Waals surface area contributed by atoms with Crippen molar-refractivity contribution in [3.63, 3.8) is 0 Å². The summed E-state index contributed by atoms with van der Waals surface area (Å²) in [7, 11) is -7.15. The third-order valence-corrected chi connectivity index (χ3v) is 10.6. The van der Waals surface area contributed by atoms with Crippen LogP contribution in [0.15, 0.2) is 53.4 Å². The van der Waals surface area contributed by atoms with Crippen LogP contribution in [0.1, 0.15) is 5.56 Å². The molecule has 0 amide bonds. The van der Waals surface area contributed by atoms with Gasteiger partial charge in [0.05, 0.1) is 21.7 Å². The van der Waals surface area contributed by atoms with Gasteiger partial charge in [-0.3, -0.25) is 9.80 Å². The Balaban J connectivity index is 1.27. The van der Waals surface area contributed by atoms with E-state index in [4.69, 9.17) is 9.47 Å². The molecule has 2 aromatic carbocycles. The fourth-order valence-corrected chi connectivity index (χ4v) is 9.62. The van der Waals surface area contributed by atoms with Crippen molar-refractivity contribution in [3.8, 4) is 11.5 Å². The molecule has 0 spiro atoms. The molecule has 10 heteroatoms. The molecule has 5 rings (SSSR count). The molecule has 0 N–H and O–H groups in total. The third kappa shape index (κ3) is 4.24. The van der Waals surface area contributed by atoms with Gasteiger partial charge in [-0.25, -0.2) is 16.8 Å². The Morgan fingerprint density at radius 1 is 0.906 bits per heavy atom. The topological polar surface area (TPSA) is 93.2 Å². The first kappa shape index (κ1) is 21.7. The molecular weight excluding hydrogens is 452 g/mol. The van der Waals surface area contributed by atoms with Gasteiger partial charge in [0.25, 0.3) is 0 Å². The van der Waals surface area contributed by atoms with Crippen LogP contribution in [0.25, 0.3) is 0 Å². The van der Waals surface area contributed by atoms with Gasteiger partial charge in [-0.05, 0) is 29.8 Å². The van der Waals surface area contributed by atoms with Crippen molar-refractivity contribution in [1.29, 1.82) is 0 Å². The molecule has 172 valence electrons. The molecule has 2 saturated heterocycles. The second-order valence-electron chi connectivity index (χ2n) is 8.54. The van der Waals surface area contributed by atoms with Crippen LogP contribution >= 0.6 is 0 Å². The van der Waals surface area contributed by atoms with Crippen molar-refractivity contribution in [3.05, 3.63) is 54.1 Å². The lowest BCUT2D eigenvalue weighted by Gasteiger charge is -2.39. The van der Waals surface area contributed by atoms with Crippen molar-refractivity contribution < 1.29 is 26.3 Å². The van der Waals surface area contributed by atoms with Crippen molar-refractivity contribution in [1.82, 2.24) is 9.80 Å². The predicted molar refractivity (Wildman–Crippen MR) is 119 cm³/mol. The Morgan fingerprint density at radius 3 is 2.38 bits per heavy atom. The Morgan fingerprint density at radius 2 is 1.62 bits per heavy atom. The number of hydrogen-bond acceptors (Lipinski definition) is 8. The monoisotopic (exact) mass is 478 g/mol. The van der Waals surface area contributed by atoms with E-state index in [1.165, 1.54) is 0 Å². The average Bonchev–Trinajstić information content (AvgIpc) is 3.38. The molecule has 0 saturated carbocycles. The highest BCUT2D eigenvalue weighted by Gasteiger charge is 2.48. The van der Waals surface area contributed by atoms with E-state index < -0.39 is 31.0 Å². The maximum atomic E-state index is 13.3. The highest BCUT2D eigenvalue weighted by atomic mass is 32.2. The van der Waals surface area contributed by atoms with E-state index in [0.717, 1.165) is 36.7 Å². The average molecular weight is 479 g/mol. The van der Waals surface area contributed by atoms with E-state index in [1.54, 1.807) is 30.3 Å². The minimum atomic E-state index is -3.74. The minimum absolute atomic E-state index is 0.105. The molecule has 8 nitrogen and oxygen atoms in total. The number of piperazine rings is 1. The zero-order chi connectivity index (χ0) is 22.3. The molecule has 3 heterocycles. The molecule has 0 radical (unpaired) electrons. The normalized spacial score (nSPS) is 25.8. The van der Waals surface area contributed by atoms with Crippen LogP contribution in [-0.4, -0.2) is 82.4 Å². The Bertz CT molecular complexity index is 1190. The van der Waals surface area contributed by atoms with Gasteiger partial charge in [-0.2, -0.15) is 0 Å². The Kier molecular flexibility index (Phi) is 5.65. The van der Waals surface area contributed by atoms with Crippen LogP contribution in [0, 0.1) is 0 Å². The van der Waals surface area contributed by atoms with Crippen LogP contribution in [-0.2, 0) is 26.2 Å². The fraction of sp³-hybridized carbons (Fsp3) is 0.455. The molecule has 3 aliphatic heterocycles. The van der Waals surface area contributed by atoms with E-state index in [2.05, 4.69) is 4.90 Å². The summed E-state index contributed by atoms with van der Waals surface area (Å²) in [4.78, 5) is 4.53. The molecule has 0 aliphatic carbocycles. The van der Waals surface area contributed by atoms with Crippen molar-refractivity contribution >= 4 is 19.7 Å². The van der Waals surface area contributed by atoms with Gasteiger partial charge in [-0.15, -0.1) is 0 Å². The van der Waals surface area contributed by atoms with Gasteiger partial charge in [0, 0.05) is 38.8 Å². The molecule has 0 aromatic heterocycles. The number of fused-ring (bicyclic) bond motifs is 1. The van der Waals surface area contributed by atoms with Crippen LogP contribution in [0.4, 0.5) is 0 Å². The molecule has 0 bridgehead atoms. The van der Waals surface area contributed by atoms with E-state index in [0.29, 0.717) is 13.1 Å². The molecule has 2 aromatic rings. The first-order valence-corrected chi connectivity index (χ1v) is 14.0. The lowest BCUT2D eigenvalue weighted by atomic mass is 10.1. The highest BCUT2D eigenvalue weighted by Crippen LogP contribution is 2.33. The maximum absolute atomic E-state index is 13.3. The third-order valence-electron chi connectivity index (χ3n) is 6.46. The van der Waals surface area contributed by atoms with Crippen LogP contribution in [0.2, 0.25) is 0 Å². The number of benzene rings is 2. The zero-order valence-electron chi connectivity index (χ0n) is 17.6. The van der Waals surface area contributed by atoms with Crippen LogP contribution in [0.3, 0.4) is 0 Å². The summed E-state index contributed by atoms with van der Waals surface area (Å²) < 4.78 is 62.2. The summed E-state index contributed by atoms with van der Waals surface area (Å²) >= 11 is 0. The standard InChI is InChI=1S/C22H26N2O6S2/c25-31(26)14-19(22(15-31)32(27,28)18-4-2-1-3-5-18)24-10-8-23(9-11-24)13-17-6-7-20-21(12-17)30-16-29-20/h1-7,12,19,22H,8-11,13-16H2. The lowest BCUT2D eigenvalue weighted by Crippen LogP contribution is -2.54. The molecule has 2 unspecified atom stereocenters. The fourth-order valence-electron chi connectivity index (χ4n) is 4.77. The number of rotatable bonds is 5. The Labute approximate surface area is 188 Å². The number of ether oxygens (including phenoxy) is 2. The van der Waals surface area contributed by atoms with Gasteiger partial charge >= 0.3 is 0 Å². The summed E-state index contributed by atoms with van der Waals surface area (Å²) in [5.74, 6) is 1.09. The largest absolute Gasteiger partial charge is 0.454 e. The van der Waals surface area contributed by atoms with Gasteiger partial charge in [0.1, 0.15) is 0 Å². The lowest BCUT2D eigenvalue weighted by molar-refractivity contribution is 0.101. The molecular formula is C22H26N2O6S2. The number of hydrogen-bond donors (Lipinski definition) is 0. The molecule has 2 fully saturated rings.